The Balaban J connectivity index is 1.76. The minimum Gasteiger partial charge on any atom is -0.327 e. The molecule has 9 heteroatoms. The lowest BCUT2D eigenvalue weighted by atomic mass is 10.2. The van der Waals surface area contributed by atoms with Gasteiger partial charge in [0.25, 0.3) is 0 Å². The minimum atomic E-state index is -3.53. The Labute approximate surface area is 183 Å². The molecule has 0 aliphatic rings. The fourth-order valence-electron chi connectivity index (χ4n) is 3.38. The van der Waals surface area contributed by atoms with Crippen LogP contribution in [0, 0.1) is 6.92 Å². The molecule has 2 aromatic carbocycles. The number of imidazole rings is 1. The van der Waals surface area contributed by atoms with Gasteiger partial charge in [0.15, 0.2) is 0 Å². The molecule has 0 radical (unpaired) electrons. The molecule has 0 fully saturated rings. The highest BCUT2D eigenvalue weighted by Gasteiger charge is 2.20. The van der Waals surface area contributed by atoms with Crippen molar-refractivity contribution in [3.05, 3.63) is 53.9 Å². The van der Waals surface area contributed by atoms with Crippen LogP contribution in [0.25, 0.3) is 11.0 Å². The van der Waals surface area contributed by atoms with Crippen molar-refractivity contribution in [2.45, 2.75) is 31.8 Å². The summed E-state index contributed by atoms with van der Waals surface area (Å²) >= 11 is 0. The zero-order valence-electron chi connectivity index (χ0n) is 18.6. The molecular formula is C22H29N5O3S. The van der Waals surface area contributed by atoms with Crippen molar-refractivity contribution in [3.8, 4) is 0 Å². The van der Waals surface area contributed by atoms with Crippen LogP contribution in [0.4, 0.5) is 5.69 Å². The van der Waals surface area contributed by atoms with E-state index in [-0.39, 0.29) is 17.3 Å². The predicted octanol–water partition coefficient (Wildman–Crippen LogP) is 2.69. The molecule has 0 unspecified atom stereocenters. The van der Waals surface area contributed by atoms with Crippen LogP contribution < -0.4 is 5.32 Å². The lowest BCUT2D eigenvalue weighted by molar-refractivity contribution is -0.117. The number of hydrogen-bond acceptors (Lipinski definition) is 5. The second-order valence-corrected chi connectivity index (χ2v) is 9.95. The summed E-state index contributed by atoms with van der Waals surface area (Å²) in [6.45, 7) is 5.37. The summed E-state index contributed by atoms with van der Waals surface area (Å²) < 4.78 is 28.1. The number of likely N-dealkylation sites (N-methyl/N-ethyl adjacent to an activating group) is 1. The topological polar surface area (TPSA) is 87.5 Å². The highest BCUT2D eigenvalue weighted by molar-refractivity contribution is 7.89. The third-order valence-corrected chi connectivity index (χ3v) is 6.86. The first kappa shape index (κ1) is 22.9. The number of fused-ring (bicyclic) bond motifs is 1. The number of carbonyl (C=O) groups is 1. The van der Waals surface area contributed by atoms with Crippen LogP contribution in [0.15, 0.2) is 47.4 Å². The number of rotatable bonds is 8. The van der Waals surface area contributed by atoms with Crippen molar-refractivity contribution in [2.24, 2.45) is 0 Å². The largest absolute Gasteiger partial charge is 0.327 e. The summed E-state index contributed by atoms with van der Waals surface area (Å²) in [4.78, 5) is 19.2. The molecule has 3 aromatic rings. The molecule has 1 aromatic heterocycles. The van der Waals surface area contributed by atoms with Crippen molar-refractivity contribution in [1.82, 2.24) is 18.8 Å². The van der Waals surface area contributed by atoms with Gasteiger partial charge in [-0.3, -0.25) is 9.69 Å². The molecule has 0 bridgehead atoms. The normalized spacial score (nSPS) is 12.1. The highest BCUT2D eigenvalue weighted by atomic mass is 32.2. The third kappa shape index (κ3) is 5.12. The van der Waals surface area contributed by atoms with Gasteiger partial charge in [0.2, 0.25) is 15.9 Å². The first-order valence-electron chi connectivity index (χ1n) is 10.1. The van der Waals surface area contributed by atoms with Gasteiger partial charge in [-0.1, -0.05) is 17.7 Å². The van der Waals surface area contributed by atoms with E-state index in [0.717, 1.165) is 22.6 Å². The Morgan fingerprint density at radius 3 is 2.39 bits per heavy atom. The van der Waals surface area contributed by atoms with Gasteiger partial charge < -0.3 is 9.88 Å². The molecule has 8 nitrogen and oxygen atoms in total. The molecule has 1 heterocycles. The maximum atomic E-state index is 12.4. The van der Waals surface area contributed by atoms with Gasteiger partial charge in [0, 0.05) is 26.3 Å². The van der Waals surface area contributed by atoms with Gasteiger partial charge in [-0.05, 0) is 51.2 Å². The molecule has 0 saturated carbocycles. The zero-order valence-corrected chi connectivity index (χ0v) is 19.4. The molecule has 0 atom stereocenters. The van der Waals surface area contributed by atoms with E-state index in [2.05, 4.69) is 10.3 Å². The highest BCUT2D eigenvalue weighted by Crippen LogP contribution is 2.22. The molecule has 3 rings (SSSR count). The van der Waals surface area contributed by atoms with E-state index in [0.29, 0.717) is 18.6 Å². The summed E-state index contributed by atoms with van der Waals surface area (Å²) in [7, 11) is 1.34. The molecular weight excluding hydrogens is 414 g/mol. The maximum absolute atomic E-state index is 12.4. The second kappa shape index (κ2) is 9.17. The molecule has 1 amide bonds. The van der Waals surface area contributed by atoms with Gasteiger partial charge in [-0.2, -0.15) is 0 Å². The van der Waals surface area contributed by atoms with Crippen LogP contribution in [0.2, 0.25) is 0 Å². The van der Waals surface area contributed by atoms with E-state index in [4.69, 9.17) is 0 Å². The van der Waals surface area contributed by atoms with E-state index in [1.54, 1.807) is 18.2 Å². The Hall–Kier alpha value is -2.75. The molecule has 31 heavy (non-hydrogen) atoms. The van der Waals surface area contributed by atoms with Gasteiger partial charge in [0.05, 0.1) is 29.0 Å². The third-order valence-electron chi connectivity index (χ3n) is 5.05. The number of amides is 1. The van der Waals surface area contributed by atoms with E-state index < -0.39 is 10.0 Å². The molecule has 166 valence electrons. The Bertz CT molecular complexity index is 1180. The average molecular weight is 444 g/mol. The van der Waals surface area contributed by atoms with Crippen LogP contribution in [-0.2, 0) is 27.9 Å². The van der Waals surface area contributed by atoms with Gasteiger partial charge in [0.1, 0.15) is 5.82 Å². The van der Waals surface area contributed by atoms with Crippen LogP contribution in [0.5, 0.6) is 0 Å². The Morgan fingerprint density at radius 1 is 1.10 bits per heavy atom. The van der Waals surface area contributed by atoms with Crippen molar-refractivity contribution < 1.29 is 13.2 Å². The quantitative estimate of drug-likeness (QED) is 0.578. The number of benzene rings is 2. The number of aromatic nitrogens is 2. The number of hydrogen-bond donors (Lipinski definition) is 1. The van der Waals surface area contributed by atoms with Crippen molar-refractivity contribution in [3.63, 3.8) is 0 Å². The lowest BCUT2D eigenvalue weighted by Crippen LogP contribution is -2.30. The summed E-state index contributed by atoms with van der Waals surface area (Å²) in [5.41, 5.74) is 3.39. The standard InChI is InChI=1S/C22H29N5O3S/c1-6-27-20-12-11-18(31(29,30)25(3)4)13-19(20)24-21(27)14-26(5)15-22(28)23-17-9-7-16(2)8-10-17/h7-13H,6,14-15H2,1-5H3,(H,23,28). The van der Waals surface area contributed by atoms with E-state index in [9.17, 15) is 13.2 Å². The van der Waals surface area contributed by atoms with Crippen LogP contribution in [0.1, 0.15) is 18.3 Å². The Kier molecular flexibility index (Phi) is 6.78. The summed E-state index contributed by atoms with van der Waals surface area (Å²) in [6.07, 6.45) is 0. The fraction of sp³-hybridized carbons (Fsp3) is 0.364. The van der Waals surface area contributed by atoms with Gasteiger partial charge in [-0.25, -0.2) is 17.7 Å². The SMILES string of the molecule is CCn1c(CN(C)CC(=O)Nc2ccc(C)cc2)nc2cc(S(=O)(=O)N(C)C)ccc21. The Morgan fingerprint density at radius 2 is 1.77 bits per heavy atom. The molecule has 0 saturated heterocycles. The first-order chi connectivity index (χ1) is 14.6. The second-order valence-electron chi connectivity index (χ2n) is 7.80. The van der Waals surface area contributed by atoms with Crippen molar-refractivity contribution >= 4 is 32.7 Å². The minimum absolute atomic E-state index is 0.107. The van der Waals surface area contributed by atoms with E-state index >= 15 is 0 Å². The first-order valence-corrected chi connectivity index (χ1v) is 11.5. The number of nitrogens with zero attached hydrogens (tertiary/aromatic N) is 4. The molecule has 0 aliphatic heterocycles. The summed E-state index contributed by atoms with van der Waals surface area (Å²) in [5.74, 6) is 0.674. The number of carbonyl (C=O) groups excluding carboxylic acids is 1. The number of sulfonamides is 1. The average Bonchev–Trinajstić information content (AvgIpc) is 3.05. The molecule has 0 spiro atoms. The predicted molar refractivity (Wildman–Crippen MR) is 122 cm³/mol. The molecule has 1 N–H and O–H groups in total. The van der Waals surface area contributed by atoms with Gasteiger partial charge >= 0.3 is 0 Å². The van der Waals surface area contributed by atoms with Crippen LogP contribution >= 0.6 is 0 Å². The zero-order chi connectivity index (χ0) is 22.8. The fourth-order valence-corrected chi connectivity index (χ4v) is 4.31. The van der Waals surface area contributed by atoms with E-state index in [1.165, 1.54) is 18.4 Å². The van der Waals surface area contributed by atoms with Crippen LogP contribution in [-0.4, -0.2) is 60.8 Å². The summed E-state index contributed by atoms with van der Waals surface area (Å²) in [5, 5.41) is 2.90. The van der Waals surface area contributed by atoms with Crippen molar-refractivity contribution in [1.29, 1.82) is 0 Å². The summed E-state index contributed by atoms with van der Waals surface area (Å²) in [6, 6.07) is 12.7. The monoisotopic (exact) mass is 443 g/mol. The number of nitrogens with one attached hydrogen (secondary N) is 1. The molecule has 0 aliphatic carbocycles. The van der Waals surface area contributed by atoms with E-state index in [1.807, 2.05) is 54.6 Å². The van der Waals surface area contributed by atoms with Gasteiger partial charge in [-0.15, -0.1) is 0 Å². The number of aryl methyl sites for hydroxylation is 2. The van der Waals surface area contributed by atoms with Crippen LogP contribution in [0.3, 0.4) is 0 Å². The van der Waals surface area contributed by atoms with Crippen molar-refractivity contribution in [2.75, 3.05) is 33.0 Å². The number of anilines is 1. The smallest absolute Gasteiger partial charge is 0.242 e. The lowest BCUT2D eigenvalue weighted by Gasteiger charge is -2.17. The maximum Gasteiger partial charge on any atom is 0.242 e.